The van der Waals surface area contributed by atoms with Crippen LogP contribution in [0.2, 0.25) is 0 Å². The lowest BCUT2D eigenvalue weighted by Gasteiger charge is -2.09. The zero-order chi connectivity index (χ0) is 19.2. The molecule has 2 aromatic carbocycles. The smallest absolute Gasteiger partial charge is 0.234 e. The molecule has 2 amide bonds. The summed E-state index contributed by atoms with van der Waals surface area (Å²) in [5.74, 6) is -0.0590. The number of aromatic nitrogens is 3. The average molecular weight is 493 g/mol. The van der Waals surface area contributed by atoms with Crippen LogP contribution in [-0.2, 0) is 9.59 Å². The Hall–Kier alpha value is -2.40. The molecule has 27 heavy (non-hydrogen) atoms. The van der Waals surface area contributed by atoms with Gasteiger partial charge in [-0.05, 0) is 65.1 Å². The molecule has 2 N–H and O–H groups in total. The normalized spacial score (nSPS) is 10.4. The van der Waals surface area contributed by atoms with Crippen LogP contribution in [0.3, 0.4) is 0 Å². The minimum Gasteiger partial charge on any atom is -0.326 e. The molecule has 0 aliphatic rings. The molecule has 0 spiro atoms. The molecule has 0 saturated carbocycles. The van der Waals surface area contributed by atoms with Gasteiger partial charge in [-0.25, -0.2) is 0 Å². The van der Waals surface area contributed by atoms with Gasteiger partial charge in [-0.2, -0.15) is 0 Å². The molecular weight excluding hydrogens is 477 g/mol. The second-order valence-electron chi connectivity index (χ2n) is 5.56. The molecule has 0 fully saturated rings. The Bertz CT molecular complexity index is 958. The molecule has 0 bridgehead atoms. The highest BCUT2D eigenvalue weighted by atomic mass is 127. The summed E-state index contributed by atoms with van der Waals surface area (Å²) in [4.78, 5) is 23.4. The van der Waals surface area contributed by atoms with Gasteiger partial charge in [-0.1, -0.05) is 17.8 Å². The molecule has 138 valence electrons. The fourth-order valence-corrected chi connectivity index (χ4v) is 3.39. The predicted octanol–water partition coefficient (Wildman–Crippen LogP) is 3.56. The van der Waals surface area contributed by atoms with Crippen molar-refractivity contribution in [2.45, 2.75) is 12.1 Å². The van der Waals surface area contributed by atoms with Crippen LogP contribution in [0.4, 0.5) is 11.4 Å². The lowest BCUT2D eigenvalue weighted by molar-refractivity contribution is -0.114. The number of benzene rings is 2. The van der Waals surface area contributed by atoms with E-state index in [9.17, 15) is 9.59 Å². The quantitative estimate of drug-likeness (QED) is 0.405. The van der Waals surface area contributed by atoms with Crippen LogP contribution in [0, 0.1) is 3.57 Å². The zero-order valence-electron chi connectivity index (χ0n) is 14.3. The Balaban J connectivity index is 1.66. The molecule has 7 nitrogen and oxygen atoms in total. The number of rotatable bonds is 6. The molecule has 0 atom stereocenters. The molecule has 3 rings (SSSR count). The molecule has 0 unspecified atom stereocenters. The summed E-state index contributed by atoms with van der Waals surface area (Å²) < 4.78 is 2.88. The Morgan fingerprint density at radius 2 is 1.89 bits per heavy atom. The van der Waals surface area contributed by atoms with E-state index in [0.717, 1.165) is 14.9 Å². The fraction of sp³-hybridized carbons (Fsp3) is 0.111. The van der Waals surface area contributed by atoms with Gasteiger partial charge in [0.05, 0.1) is 11.4 Å². The van der Waals surface area contributed by atoms with Gasteiger partial charge in [0.2, 0.25) is 11.8 Å². The van der Waals surface area contributed by atoms with Crippen molar-refractivity contribution in [3.05, 3.63) is 58.4 Å². The van der Waals surface area contributed by atoms with Crippen molar-refractivity contribution >= 4 is 57.5 Å². The Morgan fingerprint density at radius 3 is 2.63 bits per heavy atom. The monoisotopic (exact) mass is 493 g/mol. The van der Waals surface area contributed by atoms with Crippen LogP contribution in [0.25, 0.3) is 5.69 Å². The zero-order valence-corrected chi connectivity index (χ0v) is 17.3. The van der Waals surface area contributed by atoms with Crippen molar-refractivity contribution in [2.24, 2.45) is 0 Å². The van der Waals surface area contributed by atoms with Crippen molar-refractivity contribution in [3.8, 4) is 5.69 Å². The van der Waals surface area contributed by atoms with Gasteiger partial charge in [0.1, 0.15) is 6.33 Å². The molecule has 3 aromatic rings. The number of halogens is 1. The van der Waals surface area contributed by atoms with E-state index in [4.69, 9.17) is 0 Å². The number of nitrogens with one attached hydrogen (secondary N) is 2. The van der Waals surface area contributed by atoms with Gasteiger partial charge >= 0.3 is 0 Å². The van der Waals surface area contributed by atoms with Crippen molar-refractivity contribution in [1.29, 1.82) is 0 Å². The first-order chi connectivity index (χ1) is 13.0. The van der Waals surface area contributed by atoms with Crippen molar-refractivity contribution in [2.75, 3.05) is 16.4 Å². The summed E-state index contributed by atoms with van der Waals surface area (Å²) in [6, 6.07) is 14.9. The van der Waals surface area contributed by atoms with E-state index in [1.165, 1.54) is 18.7 Å². The molecular formula is C18H16IN5O2S. The minimum atomic E-state index is -0.141. The molecule has 1 heterocycles. The first kappa shape index (κ1) is 19.4. The van der Waals surface area contributed by atoms with E-state index in [-0.39, 0.29) is 17.6 Å². The third-order valence-electron chi connectivity index (χ3n) is 3.42. The topological polar surface area (TPSA) is 88.9 Å². The van der Waals surface area contributed by atoms with E-state index < -0.39 is 0 Å². The maximum atomic E-state index is 12.2. The maximum absolute atomic E-state index is 12.2. The van der Waals surface area contributed by atoms with Gasteiger partial charge in [-0.15, -0.1) is 10.2 Å². The molecule has 9 heteroatoms. The predicted molar refractivity (Wildman–Crippen MR) is 114 cm³/mol. The summed E-state index contributed by atoms with van der Waals surface area (Å²) in [5, 5.41) is 14.2. The van der Waals surface area contributed by atoms with Gasteiger partial charge in [0.15, 0.2) is 5.16 Å². The number of amides is 2. The van der Waals surface area contributed by atoms with Crippen LogP contribution < -0.4 is 10.6 Å². The number of anilines is 2. The number of thioether (sulfide) groups is 1. The molecule has 0 aliphatic heterocycles. The molecule has 0 saturated heterocycles. The van der Waals surface area contributed by atoms with Gasteiger partial charge in [-0.3, -0.25) is 14.2 Å². The number of hydrogen-bond acceptors (Lipinski definition) is 5. The van der Waals surface area contributed by atoms with E-state index in [2.05, 4.69) is 43.4 Å². The maximum Gasteiger partial charge on any atom is 0.234 e. The lowest BCUT2D eigenvalue weighted by atomic mass is 10.2. The average Bonchev–Trinajstić information content (AvgIpc) is 3.10. The van der Waals surface area contributed by atoms with E-state index in [1.807, 2.05) is 42.5 Å². The number of nitrogens with zero attached hydrogens (tertiary/aromatic N) is 3. The SMILES string of the molecule is CC(=O)Nc1cccc(-n2cnnc2SCC(=O)Nc2ccc(I)cc2)c1. The molecule has 0 aliphatic carbocycles. The standard InChI is InChI=1S/C18H16IN5O2S/c1-12(25)21-15-3-2-4-16(9-15)24-11-20-23-18(24)27-10-17(26)22-14-7-5-13(19)6-8-14/h2-9,11H,10H2,1H3,(H,21,25)(H,22,26). The lowest BCUT2D eigenvalue weighted by Crippen LogP contribution is -2.14. The van der Waals surface area contributed by atoms with Crippen molar-refractivity contribution < 1.29 is 9.59 Å². The molecule has 1 aromatic heterocycles. The molecule has 0 radical (unpaired) electrons. The summed E-state index contributed by atoms with van der Waals surface area (Å²) in [6.07, 6.45) is 1.58. The third-order valence-corrected chi connectivity index (χ3v) is 5.08. The number of carbonyl (C=O) groups is 2. The third kappa shape index (κ3) is 5.54. The first-order valence-corrected chi connectivity index (χ1v) is 10.0. The Labute approximate surface area is 174 Å². The summed E-state index contributed by atoms with van der Waals surface area (Å²) in [7, 11) is 0. The highest BCUT2D eigenvalue weighted by molar-refractivity contribution is 14.1. The Morgan fingerprint density at radius 1 is 1.11 bits per heavy atom. The number of carbonyl (C=O) groups excluding carboxylic acids is 2. The highest BCUT2D eigenvalue weighted by Gasteiger charge is 2.11. The second kappa shape index (κ2) is 9.00. The summed E-state index contributed by atoms with van der Waals surface area (Å²) >= 11 is 3.50. The van der Waals surface area contributed by atoms with Gasteiger partial charge < -0.3 is 10.6 Å². The van der Waals surface area contributed by atoms with Crippen LogP contribution in [0.5, 0.6) is 0 Å². The van der Waals surface area contributed by atoms with E-state index in [1.54, 1.807) is 17.0 Å². The fourth-order valence-electron chi connectivity index (χ4n) is 2.30. The van der Waals surface area contributed by atoms with Crippen LogP contribution in [0.1, 0.15) is 6.92 Å². The van der Waals surface area contributed by atoms with E-state index >= 15 is 0 Å². The summed E-state index contributed by atoms with van der Waals surface area (Å²) in [6.45, 7) is 1.46. The van der Waals surface area contributed by atoms with Crippen molar-refractivity contribution in [3.63, 3.8) is 0 Å². The van der Waals surface area contributed by atoms with E-state index in [0.29, 0.717) is 10.8 Å². The van der Waals surface area contributed by atoms with Crippen LogP contribution in [0.15, 0.2) is 60.0 Å². The largest absolute Gasteiger partial charge is 0.326 e. The van der Waals surface area contributed by atoms with Crippen molar-refractivity contribution in [1.82, 2.24) is 14.8 Å². The van der Waals surface area contributed by atoms with Gasteiger partial charge in [0.25, 0.3) is 0 Å². The Kier molecular flexibility index (Phi) is 6.45. The van der Waals surface area contributed by atoms with Crippen LogP contribution >= 0.6 is 34.4 Å². The highest BCUT2D eigenvalue weighted by Crippen LogP contribution is 2.22. The second-order valence-corrected chi connectivity index (χ2v) is 7.75. The minimum absolute atomic E-state index is 0.122. The number of hydrogen-bond donors (Lipinski definition) is 2. The van der Waals surface area contributed by atoms with Gasteiger partial charge in [0, 0.05) is 21.9 Å². The summed E-state index contributed by atoms with van der Waals surface area (Å²) in [5.41, 5.74) is 2.23. The first-order valence-electron chi connectivity index (χ1n) is 7.97. The van der Waals surface area contributed by atoms with Crippen LogP contribution in [-0.4, -0.2) is 32.3 Å².